The van der Waals surface area contributed by atoms with Crippen molar-refractivity contribution in [3.8, 4) is 16.9 Å². The molecule has 0 bridgehead atoms. The van der Waals surface area contributed by atoms with Crippen LogP contribution in [-0.2, 0) is 17.7 Å². The summed E-state index contributed by atoms with van der Waals surface area (Å²) in [4.78, 5) is 11.4. The first-order chi connectivity index (χ1) is 18.2. The van der Waals surface area contributed by atoms with E-state index in [1.165, 1.54) is 6.07 Å². The standard InChI is InChI=1S/C25H24FN9O2/c1-15-12-33(7-9-36-15)22-5-2-17(23-29-13-31-35(22)23)19-11-28-25(34-14-30-32-24(19)34)27-10-18-16-6-8-37-21(16)4-3-20(18)26/h2-5,11,13-15H,6-10,12H2,1H3,(H,27,28). The van der Waals surface area contributed by atoms with Gasteiger partial charge in [0.15, 0.2) is 11.3 Å². The lowest BCUT2D eigenvalue weighted by atomic mass is 10.0. The van der Waals surface area contributed by atoms with Crippen molar-refractivity contribution < 1.29 is 13.9 Å². The van der Waals surface area contributed by atoms with Crippen LogP contribution in [-0.4, -0.2) is 66.6 Å². The zero-order chi connectivity index (χ0) is 24.9. The topological polar surface area (TPSA) is 107 Å². The third kappa shape index (κ3) is 3.63. The molecule has 37 heavy (non-hydrogen) atoms. The van der Waals surface area contributed by atoms with Gasteiger partial charge in [-0.2, -0.15) is 9.61 Å². The predicted molar refractivity (Wildman–Crippen MR) is 133 cm³/mol. The van der Waals surface area contributed by atoms with E-state index in [1.807, 2.05) is 16.6 Å². The van der Waals surface area contributed by atoms with Gasteiger partial charge in [0.2, 0.25) is 5.95 Å². The Bertz CT molecular complexity index is 1630. The van der Waals surface area contributed by atoms with Crippen molar-refractivity contribution in [1.29, 1.82) is 0 Å². The molecule has 1 saturated heterocycles. The molecule has 1 unspecified atom stereocenters. The van der Waals surface area contributed by atoms with E-state index in [2.05, 4.69) is 42.4 Å². The molecule has 1 atom stereocenters. The summed E-state index contributed by atoms with van der Waals surface area (Å²) >= 11 is 0. The molecule has 4 aromatic heterocycles. The van der Waals surface area contributed by atoms with Gasteiger partial charge >= 0.3 is 0 Å². The molecule has 12 heteroatoms. The van der Waals surface area contributed by atoms with Gasteiger partial charge in [-0.25, -0.2) is 14.4 Å². The molecule has 0 amide bonds. The Morgan fingerprint density at radius 2 is 2.05 bits per heavy atom. The van der Waals surface area contributed by atoms with Crippen LogP contribution in [0, 0.1) is 5.82 Å². The Hall–Kier alpha value is -4.32. The Balaban J connectivity index is 1.24. The number of anilines is 2. The fourth-order valence-corrected chi connectivity index (χ4v) is 5.19. The van der Waals surface area contributed by atoms with Crippen LogP contribution in [0.5, 0.6) is 5.75 Å². The fraction of sp³-hybridized carbons (Fsp3) is 0.320. The number of benzene rings is 1. The molecular formula is C25H24FN9O2. The van der Waals surface area contributed by atoms with E-state index in [4.69, 9.17) is 9.47 Å². The summed E-state index contributed by atoms with van der Waals surface area (Å²) in [5, 5.41) is 16.2. The lowest BCUT2D eigenvalue weighted by molar-refractivity contribution is 0.0528. The highest BCUT2D eigenvalue weighted by atomic mass is 19.1. The molecule has 11 nitrogen and oxygen atoms in total. The Kier molecular flexibility index (Phi) is 5.13. The molecule has 6 heterocycles. The van der Waals surface area contributed by atoms with Gasteiger partial charge in [-0.15, -0.1) is 10.2 Å². The highest BCUT2D eigenvalue weighted by Crippen LogP contribution is 2.32. The number of ether oxygens (including phenoxy) is 2. The Morgan fingerprint density at radius 1 is 1.11 bits per heavy atom. The first-order valence-electron chi connectivity index (χ1n) is 12.2. The van der Waals surface area contributed by atoms with Crippen LogP contribution in [0.3, 0.4) is 0 Å². The second kappa shape index (κ2) is 8.66. The summed E-state index contributed by atoms with van der Waals surface area (Å²) in [5.74, 6) is 1.94. The molecular weight excluding hydrogens is 477 g/mol. The molecule has 2 aliphatic rings. The van der Waals surface area contributed by atoms with Crippen LogP contribution >= 0.6 is 0 Å². The highest BCUT2D eigenvalue weighted by molar-refractivity contribution is 5.86. The zero-order valence-corrected chi connectivity index (χ0v) is 20.1. The highest BCUT2D eigenvalue weighted by Gasteiger charge is 2.23. The van der Waals surface area contributed by atoms with Crippen molar-refractivity contribution in [3.05, 3.63) is 60.1 Å². The fourth-order valence-electron chi connectivity index (χ4n) is 5.19. The number of nitrogens with one attached hydrogen (secondary N) is 1. The van der Waals surface area contributed by atoms with Crippen molar-refractivity contribution in [2.24, 2.45) is 0 Å². The van der Waals surface area contributed by atoms with Gasteiger partial charge in [-0.3, -0.25) is 4.40 Å². The van der Waals surface area contributed by atoms with Gasteiger partial charge in [0.1, 0.15) is 30.0 Å². The summed E-state index contributed by atoms with van der Waals surface area (Å²) < 4.78 is 29.5. The molecule has 1 fully saturated rings. The number of fused-ring (bicyclic) bond motifs is 3. The third-order valence-corrected chi connectivity index (χ3v) is 6.96. The van der Waals surface area contributed by atoms with Crippen LogP contribution in [0.2, 0.25) is 0 Å². The summed E-state index contributed by atoms with van der Waals surface area (Å²) in [6.07, 6.45) is 5.71. The Morgan fingerprint density at radius 3 is 2.97 bits per heavy atom. The number of rotatable bonds is 5. The van der Waals surface area contributed by atoms with Crippen molar-refractivity contribution >= 4 is 23.1 Å². The minimum absolute atomic E-state index is 0.143. The molecule has 188 valence electrons. The molecule has 1 N–H and O–H groups in total. The van der Waals surface area contributed by atoms with Crippen molar-refractivity contribution in [2.75, 3.05) is 36.5 Å². The number of halogens is 1. The summed E-state index contributed by atoms with van der Waals surface area (Å²) in [5.41, 5.74) is 4.39. The molecule has 1 aromatic carbocycles. The van der Waals surface area contributed by atoms with Gasteiger partial charge in [-0.1, -0.05) is 0 Å². The van der Waals surface area contributed by atoms with Gasteiger partial charge in [0.05, 0.1) is 19.3 Å². The van der Waals surface area contributed by atoms with Crippen molar-refractivity contribution in [3.63, 3.8) is 0 Å². The van der Waals surface area contributed by atoms with Crippen LogP contribution < -0.4 is 15.0 Å². The number of hydrogen-bond acceptors (Lipinski definition) is 9. The van der Waals surface area contributed by atoms with Gasteiger partial charge in [0.25, 0.3) is 0 Å². The molecule has 0 saturated carbocycles. The lowest BCUT2D eigenvalue weighted by Gasteiger charge is -2.32. The first-order valence-corrected chi connectivity index (χ1v) is 12.2. The molecule has 0 radical (unpaired) electrons. The van der Waals surface area contributed by atoms with Gasteiger partial charge in [-0.05, 0) is 31.2 Å². The first kappa shape index (κ1) is 21.9. The maximum absolute atomic E-state index is 14.6. The number of morpholine rings is 1. The number of nitrogens with zero attached hydrogens (tertiary/aromatic N) is 8. The van der Waals surface area contributed by atoms with E-state index >= 15 is 0 Å². The lowest BCUT2D eigenvalue weighted by Crippen LogP contribution is -2.42. The largest absolute Gasteiger partial charge is 0.493 e. The average molecular weight is 502 g/mol. The Labute approximate surface area is 210 Å². The van der Waals surface area contributed by atoms with E-state index in [-0.39, 0.29) is 18.5 Å². The maximum atomic E-state index is 14.6. The zero-order valence-electron chi connectivity index (χ0n) is 20.1. The van der Waals surface area contributed by atoms with E-state index < -0.39 is 0 Å². The number of hydrogen-bond donors (Lipinski definition) is 1. The normalized spacial score (nSPS) is 17.4. The van der Waals surface area contributed by atoms with Crippen LogP contribution in [0.25, 0.3) is 22.4 Å². The van der Waals surface area contributed by atoms with Gasteiger partial charge < -0.3 is 19.7 Å². The SMILES string of the molecule is CC1CN(c2ccc(-c3cnc(NCc4c(F)ccc5c4CCO5)n4cnnc34)c3ncnn23)CCO1. The van der Waals surface area contributed by atoms with Crippen LogP contribution in [0.15, 0.2) is 43.1 Å². The second-order valence-electron chi connectivity index (χ2n) is 9.20. The quantitative estimate of drug-likeness (QED) is 0.389. The molecule has 0 spiro atoms. The minimum atomic E-state index is -0.266. The maximum Gasteiger partial charge on any atom is 0.210 e. The molecule has 5 aromatic rings. The van der Waals surface area contributed by atoms with E-state index in [0.29, 0.717) is 42.4 Å². The predicted octanol–water partition coefficient (Wildman–Crippen LogP) is 2.75. The van der Waals surface area contributed by atoms with Crippen molar-refractivity contribution in [1.82, 2.24) is 34.2 Å². The van der Waals surface area contributed by atoms with E-state index in [1.54, 1.807) is 29.3 Å². The number of pyridine rings is 1. The minimum Gasteiger partial charge on any atom is -0.493 e. The summed E-state index contributed by atoms with van der Waals surface area (Å²) in [7, 11) is 0. The van der Waals surface area contributed by atoms with E-state index in [0.717, 1.165) is 41.3 Å². The smallest absolute Gasteiger partial charge is 0.210 e. The average Bonchev–Trinajstić information content (AvgIpc) is 3.68. The monoisotopic (exact) mass is 501 g/mol. The molecule has 0 aliphatic carbocycles. The number of aromatic nitrogens is 7. The van der Waals surface area contributed by atoms with Gasteiger partial charge in [0, 0.05) is 54.5 Å². The molecule has 2 aliphatic heterocycles. The van der Waals surface area contributed by atoms with Crippen LogP contribution in [0.1, 0.15) is 18.1 Å². The summed E-state index contributed by atoms with van der Waals surface area (Å²) in [6.45, 7) is 5.12. The summed E-state index contributed by atoms with van der Waals surface area (Å²) in [6, 6.07) is 7.18. The molecule has 7 rings (SSSR count). The van der Waals surface area contributed by atoms with Crippen molar-refractivity contribution in [2.45, 2.75) is 26.0 Å². The van der Waals surface area contributed by atoms with Crippen LogP contribution in [0.4, 0.5) is 16.2 Å². The second-order valence-corrected chi connectivity index (χ2v) is 9.20. The third-order valence-electron chi connectivity index (χ3n) is 6.96. The van der Waals surface area contributed by atoms with E-state index in [9.17, 15) is 4.39 Å².